The maximum atomic E-state index is 11.9. The molecule has 2 N–H and O–H groups in total. The summed E-state index contributed by atoms with van der Waals surface area (Å²) >= 11 is 0. The summed E-state index contributed by atoms with van der Waals surface area (Å²) in [7, 11) is 1.81. The zero-order valence-electron chi connectivity index (χ0n) is 11.8. The lowest BCUT2D eigenvalue weighted by Crippen LogP contribution is -2.44. The first-order valence-electron chi connectivity index (χ1n) is 7.41. The van der Waals surface area contributed by atoms with Crippen molar-refractivity contribution in [1.82, 2.24) is 15.5 Å². The number of amides is 2. The highest BCUT2D eigenvalue weighted by Gasteiger charge is 2.24. The Morgan fingerprint density at radius 3 is 1.84 bits per heavy atom. The maximum Gasteiger partial charge on any atom is 0.234 e. The molecule has 108 valence electrons. The number of carbonyl (C=O) groups is 2. The van der Waals surface area contributed by atoms with Crippen molar-refractivity contribution in [2.24, 2.45) is 0 Å². The molecule has 0 heterocycles. The van der Waals surface area contributed by atoms with Gasteiger partial charge in [-0.25, -0.2) is 0 Å². The van der Waals surface area contributed by atoms with Crippen LogP contribution in [0.1, 0.15) is 44.9 Å². The Hall–Kier alpha value is -1.10. The normalized spacial score (nSPS) is 20.3. The number of hydrogen-bond donors (Lipinski definition) is 2. The van der Waals surface area contributed by atoms with E-state index in [2.05, 4.69) is 10.6 Å². The summed E-state index contributed by atoms with van der Waals surface area (Å²) in [6, 6.07) is 0.729. The summed E-state index contributed by atoms with van der Waals surface area (Å²) in [5.41, 5.74) is 0. The van der Waals surface area contributed by atoms with Crippen LogP contribution in [-0.2, 0) is 9.59 Å². The molecule has 2 amide bonds. The predicted octanol–water partition coefficient (Wildman–Crippen LogP) is 0.646. The third-order valence-corrected chi connectivity index (χ3v) is 3.74. The molecule has 2 aliphatic carbocycles. The second-order valence-corrected chi connectivity index (χ2v) is 5.92. The Labute approximate surface area is 115 Å². The molecule has 2 rings (SSSR count). The fourth-order valence-corrected chi connectivity index (χ4v) is 2.57. The van der Waals surface area contributed by atoms with Crippen LogP contribution < -0.4 is 10.6 Å². The first-order valence-corrected chi connectivity index (χ1v) is 7.41. The Balaban J connectivity index is 1.61. The standard InChI is InChI=1S/C14H25N3O2/c1-17(10-14(19)16-12-7-8-12)9-13(18)15-11-5-3-2-4-6-11/h11-12H,2-10H2,1H3,(H,15,18)(H,16,19). The third-order valence-electron chi connectivity index (χ3n) is 3.74. The van der Waals surface area contributed by atoms with Gasteiger partial charge in [-0.05, 0) is 32.7 Å². The molecule has 5 heteroatoms. The van der Waals surface area contributed by atoms with E-state index in [1.807, 2.05) is 7.05 Å². The quantitative estimate of drug-likeness (QED) is 0.742. The molecule has 0 aromatic heterocycles. The van der Waals surface area contributed by atoms with Gasteiger partial charge in [0.1, 0.15) is 0 Å². The van der Waals surface area contributed by atoms with E-state index in [1.165, 1.54) is 19.3 Å². The minimum atomic E-state index is 0.0236. The number of hydrogen-bond acceptors (Lipinski definition) is 3. The maximum absolute atomic E-state index is 11.9. The molecule has 2 saturated carbocycles. The summed E-state index contributed by atoms with van der Waals surface area (Å²) in [6.07, 6.45) is 8.09. The van der Waals surface area contributed by atoms with Gasteiger partial charge < -0.3 is 10.6 Å². The van der Waals surface area contributed by atoms with Gasteiger partial charge in [-0.3, -0.25) is 14.5 Å². The highest BCUT2D eigenvalue weighted by atomic mass is 16.2. The lowest BCUT2D eigenvalue weighted by atomic mass is 9.95. The van der Waals surface area contributed by atoms with Crippen molar-refractivity contribution in [3.05, 3.63) is 0 Å². The van der Waals surface area contributed by atoms with Crippen LogP contribution in [0.5, 0.6) is 0 Å². The second-order valence-electron chi connectivity index (χ2n) is 5.92. The molecule has 0 aromatic rings. The van der Waals surface area contributed by atoms with Crippen LogP contribution in [0, 0.1) is 0 Å². The highest BCUT2D eigenvalue weighted by molar-refractivity contribution is 5.81. The Kier molecular flexibility index (Phi) is 5.19. The largest absolute Gasteiger partial charge is 0.352 e. The lowest BCUT2D eigenvalue weighted by molar-refractivity contribution is -0.125. The van der Waals surface area contributed by atoms with Crippen LogP contribution in [0.25, 0.3) is 0 Å². The number of likely N-dealkylation sites (N-methyl/N-ethyl adjacent to an activating group) is 1. The molecule has 19 heavy (non-hydrogen) atoms. The average Bonchev–Trinajstić information content (AvgIpc) is 3.13. The third kappa shape index (κ3) is 5.59. The van der Waals surface area contributed by atoms with Gasteiger partial charge in [0.15, 0.2) is 0 Å². The first kappa shape index (κ1) is 14.3. The van der Waals surface area contributed by atoms with Gasteiger partial charge >= 0.3 is 0 Å². The van der Waals surface area contributed by atoms with E-state index in [4.69, 9.17) is 0 Å². The topological polar surface area (TPSA) is 61.4 Å². The van der Waals surface area contributed by atoms with Gasteiger partial charge in [0.05, 0.1) is 13.1 Å². The van der Waals surface area contributed by atoms with Crippen LogP contribution in [0.4, 0.5) is 0 Å². The summed E-state index contributed by atoms with van der Waals surface area (Å²) in [5, 5.41) is 5.99. The van der Waals surface area contributed by atoms with E-state index in [0.717, 1.165) is 25.7 Å². The second kappa shape index (κ2) is 6.89. The van der Waals surface area contributed by atoms with Gasteiger partial charge in [-0.1, -0.05) is 19.3 Å². The molecule has 0 aliphatic heterocycles. The SMILES string of the molecule is CN(CC(=O)NC1CCCCC1)CC(=O)NC1CC1. The molecular formula is C14H25N3O2. The van der Waals surface area contributed by atoms with E-state index in [9.17, 15) is 9.59 Å². The molecule has 0 saturated heterocycles. The van der Waals surface area contributed by atoms with Crippen LogP contribution >= 0.6 is 0 Å². The van der Waals surface area contributed by atoms with Crippen LogP contribution in [-0.4, -0.2) is 48.9 Å². The van der Waals surface area contributed by atoms with Gasteiger partial charge in [-0.15, -0.1) is 0 Å². The first-order chi connectivity index (χ1) is 9.13. The van der Waals surface area contributed by atoms with Crippen molar-refractivity contribution < 1.29 is 9.59 Å². The molecule has 2 fully saturated rings. The molecule has 0 unspecified atom stereocenters. The van der Waals surface area contributed by atoms with Gasteiger partial charge in [-0.2, -0.15) is 0 Å². The van der Waals surface area contributed by atoms with E-state index < -0.39 is 0 Å². The Bertz CT molecular complexity index is 323. The summed E-state index contributed by atoms with van der Waals surface area (Å²) in [6.45, 7) is 0.600. The Morgan fingerprint density at radius 2 is 1.37 bits per heavy atom. The van der Waals surface area contributed by atoms with E-state index in [-0.39, 0.29) is 11.8 Å². The molecule has 2 aliphatic rings. The molecule has 0 aromatic carbocycles. The van der Waals surface area contributed by atoms with Crippen molar-refractivity contribution in [2.75, 3.05) is 20.1 Å². The van der Waals surface area contributed by atoms with Crippen LogP contribution in [0.15, 0.2) is 0 Å². The van der Waals surface area contributed by atoms with Crippen molar-refractivity contribution in [1.29, 1.82) is 0 Å². The minimum absolute atomic E-state index is 0.0236. The fraction of sp³-hybridized carbons (Fsp3) is 0.857. The predicted molar refractivity (Wildman–Crippen MR) is 73.7 cm³/mol. The zero-order chi connectivity index (χ0) is 13.7. The lowest BCUT2D eigenvalue weighted by Gasteiger charge is -2.24. The zero-order valence-corrected chi connectivity index (χ0v) is 11.8. The molecule has 0 atom stereocenters. The molecule has 0 spiro atoms. The number of nitrogens with zero attached hydrogens (tertiary/aromatic N) is 1. The number of carbonyl (C=O) groups excluding carboxylic acids is 2. The minimum Gasteiger partial charge on any atom is -0.352 e. The van der Waals surface area contributed by atoms with Crippen molar-refractivity contribution >= 4 is 11.8 Å². The van der Waals surface area contributed by atoms with E-state index >= 15 is 0 Å². The molecule has 5 nitrogen and oxygen atoms in total. The Morgan fingerprint density at radius 1 is 0.895 bits per heavy atom. The van der Waals surface area contributed by atoms with E-state index in [0.29, 0.717) is 25.2 Å². The summed E-state index contributed by atoms with van der Waals surface area (Å²) in [4.78, 5) is 25.2. The fourth-order valence-electron chi connectivity index (χ4n) is 2.57. The molecule has 0 bridgehead atoms. The number of nitrogens with one attached hydrogen (secondary N) is 2. The van der Waals surface area contributed by atoms with Crippen molar-refractivity contribution in [3.8, 4) is 0 Å². The smallest absolute Gasteiger partial charge is 0.234 e. The van der Waals surface area contributed by atoms with E-state index in [1.54, 1.807) is 4.90 Å². The summed E-state index contributed by atoms with van der Waals surface area (Å²) < 4.78 is 0. The summed E-state index contributed by atoms with van der Waals surface area (Å²) in [5.74, 6) is 0.0593. The van der Waals surface area contributed by atoms with Crippen LogP contribution in [0.3, 0.4) is 0 Å². The molecular weight excluding hydrogens is 242 g/mol. The van der Waals surface area contributed by atoms with Gasteiger partial charge in [0.2, 0.25) is 11.8 Å². The highest BCUT2D eigenvalue weighted by Crippen LogP contribution is 2.18. The van der Waals surface area contributed by atoms with Gasteiger partial charge in [0.25, 0.3) is 0 Å². The molecule has 0 radical (unpaired) electrons. The number of rotatable bonds is 6. The van der Waals surface area contributed by atoms with Crippen LogP contribution in [0.2, 0.25) is 0 Å². The average molecular weight is 267 g/mol. The van der Waals surface area contributed by atoms with Crippen molar-refractivity contribution in [3.63, 3.8) is 0 Å². The monoisotopic (exact) mass is 267 g/mol. The van der Waals surface area contributed by atoms with Crippen molar-refractivity contribution in [2.45, 2.75) is 57.0 Å². The van der Waals surface area contributed by atoms with Gasteiger partial charge in [0, 0.05) is 12.1 Å².